The Balaban J connectivity index is 1.97. The van der Waals surface area contributed by atoms with Gasteiger partial charge in [-0.1, -0.05) is 6.07 Å². The molecule has 72 valence electrons. The van der Waals surface area contributed by atoms with Gasteiger partial charge in [0, 0.05) is 18.3 Å². The molecule has 1 aromatic heterocycles. The van der Waals surface area contributed by atoms with Crippen molar-refractivity contribution in [3.05, 3.63) is 29.6 Å². The van der Waals surface area contributed by atoms with Crippen molar-refractivity contribution >= 4 is 0 Å². The lowest BCUT2D eigenvalue weighted by Gasteiger charge is -2.27. The van der Waals surface area contributed by atoms with Crippen LogP contribution in [-0.4, -0.2) is 24.2 Å². The molecule has 1 N–H and O–H groups in total. The van der Waals surface area contributed by atoms with Gasteiger partial charge in [-0.2, -0.15) is 5.26 Å². The molecule has 0 bridgehead atoms. The van der Waals surface area contributed by atoms with Crippen LogP contribution in [0.25, 0.3) is 0 Å². The Kier molecular flexibility index (Phi) is 2.73. The van der Waals surface area contributed by atoms with E-state index in [1.165, 1.54) is 0 Å². The smallest absolute Gasteiger partial charge is 0.144 e. The zero-order valence-electron chi connectivity index (χ0n) is 7.73. The number of nitrogens with one attached hydrogen (secondary N) is 1. The minimum absolute atomic E-state index is 0.432. The predicted molar refractivity (Wildman–Crippen MR) is 50.4 cm³/mol. The first-order valence-corrected chi connectivity index (χ1v) is 4.55. The lowest BCUT2D eigenvalue weighted by atomic mass is 10.2. The Morgan fingerprint density at radius 1 is 1.64 bits per heavy atom. The molecule has 0 atom stereocenters. The summed E-state index contributed by atoms with van der Waals surface area (Å²) in [6.07, 6.45) is 1.63. The number of hydrogen-bond donors (Lipinski definition) is 1. The first-order chi connectivity index (χ1) is 6.90. The molecule has 1 aromatic rings. The lowest BCUT2D eigenvalue weighted by molar-refractivity contribution is -0.00580. The molecule has 2 heterocycles. The Morgan fingerprint density at radius 3 is 3.14 bits per heavy atom. The number of pyridine rings is 1. The molecule has 0 unspecified atom stereocenters. The Bertz CT molecular complexity index is 355. The summed E-state index contributed by atoms with van der Waals surface area (Å²) in [6.45, 7) is 2.22. The van der Waals surface area contributed by atoms with E-state index < -0.39 is 0 Å². The number of hydrogen-bond acceptors (Lipinski definition) is 4. The van der Waals surface area contributed by atoms with E-state index in [4.69, 9.17) is 10.00 Å². The summed E-state index contributed by atoms with van der Waals surface area (Å²) in [5.41, 5.74) is 1.45. The fourth-order valence-electron chi connectivity index (χ4n) is 1.29. The molecule has 4 heteroatoms. The van der Waals surface area contributed by atoms with Crippen LogP contribution < -0.4 is 5.32 Å². The summed E-state index contributed by atoms with van der Waals surface area (Å²) in [4.78, 5) is 3.99. The summed E-state index contributed by atoms with van der Waals surface area (Å²) < 4.78 is 5.04. The molecule has 1 aliphatic rings. The van der Waals surface area contributed by atoms with Crippen LogP contribution in [0, 0.1) is 11.3 Å². The molecule has 0 aliphatic carbocycles. The van der Waals surface area contributed by atoms with E-state index in [0.717, 1.165) is 18.8 Å². The van der Waals surface area contributed by atoms with Gasteiger partial charge in [-0.05, 0) is 6.07 Å². The number of aromatic nitrogens is 1. The summed E-state index contributed by atoms with van der Waals surface area (Å²) in [5, 5.41) is 12.1. The topological polar surface area (TPSA) is 57.9 Å². The summed E-state index contributed by atoms with van der Waals surface area (Å²) in [7, 11) is 0. The predicted octanol–water partition coefficient (Wildman–Crippen LogP) is 0.442. The van der Waals surface area contributed by atoms with Gasteiger partial charge in [0.05, 0.1) is 19.3 Å². The van der Waals surface area contributed by atoms with Gasteiger partial charge in [-0.3, -0.25) is 0 Å². The third-order valence-corrected chi connectivity index (χ3v) is 2.22. The van der Waals surface area contributed by atoms with Gasteiger partial charge < -0.3 is 10.1 Å². The van der Waals surface area contributed by atoms with E-state index >= 15 is 0 Å². The maximum Gasteiger partial charge on any atom is 0.144 e. The van der Waals surface area contributed by atoms with Crippen LogP contribution in [-0.2, 0) is 11.3 Å². The zero-order chi connectivity index (χ0) is 9.80. The van der Waals surface area contributed by atoms with Gasteiger partial charge in [0.2, 0.25) is 0 Å². The first-order valence-electron chi connectivity index (χ1n) is 4.55. The molecule has 0 radical (unpaired) electrons. The lowest BCUT2D eigenvalue weighted by Crippen LogP contribution is -2.45. The molecule has 1 fully saturated rings. The average Bonchev–Trinajstić information content (AvgIpc) is 2.16. The fraction of sp³-hybridized carbons (Fsp3) is 0.400. The van der Waals surface area contributed by atoms with Crippen molar-refractivity contribution in [2.45, 2.75) is 12.6 Å². The number of nitrogens with zero attached hydrogens (tertiary/aromatic N) is 2. The van der Waals surface area contributed by atoms with Gasteiger partial charge >= 0.3 is 0 Å². The third kappa shape index (κ3) is 1.90. The fourth-order valence-corrected chi connectivity index (χ4v) is 1.29. The van der Waals surface area contributed by atoms with Crippen LogP contribution >= 0.6 is 0 Å². The minimum Gasteiger partial charge on any atom is -0.378 e. The molecular weight excluding hydrogens is 178 g/mol. The Morgan fingerprint density at radius 2 is 2.50 bits per heavy atom. The van der Waals surface area contributed by atoms with Gasteiger partial charge in [0.25, 0.3) is 0 Å². The normalized spacial score (nSPS) is 15.9. The molecule has 1 aliphatic heterocycles. The molecule has 0 spiro atoms. The van der Waals surface area contributed by atoms with Crippen molar-refractivity contribution in [3.8, 4) is 6.07 Å². The Hall–Kier alpha value is -1.44. The Labute approximate surface area is 82.5 Å². The molecule has 0 aromatic carbocycles. The summed E-state index contributed by atoms with van der Waals surface area (Å²) in [5.74, 6) is 0. The largest absolute Gasteiger partial charge is 0.378 e. The van der Waals surface area contributed by atoms with Crippen LogP contribution in [0.15, 0.2) is 18.3 Å². The highest BCUT2D eigenvalue weighted by atomic mass is 16.5. The van der Waals surface area contributed by atoms with E-state index in [-0.39, 0.29) is 0 Å². The van der Waals surface area contributed by atoms with Crippen molar-refractivity contribution in [2.24, 2.45) is 0 Å². The van der Waals surface area contributed by atoms with Crippen molar-refractivity contribution in [2.75, 3.05) is 13.2 Å². The summed E-state index contributed by atoms with van der Waals surface area (Å²) in [6, 6.07) is 6.26. The van der Waals surface area contributed by atoms with Crippen LogP contribution in [0.5, 0.6) is 0 Å². The van der Waals surface area contributed by atoms with E-state index in [1.807, 2.05) is 12.1 Å². The number of rotatable bonds is 3. The van der Waals surface area contributed by atoms with Crippen molar-refractivity contribution in [3.63, 3.8) is 0 Å². The van der Waals surface area contributed by atoms with Gasteiger partial charge in [-0.15, -0.1) is 0 Å². The van der Waals surface area contributed by atoms with Crippen LogP contribution in [0.3, 0.4) is 0 Å². The molecule has 1 saturated heterocycles. The maximum atomic E-state index is 8.79. The third-order valence-electron chi connectivity index (χ3n) is 2.22. The van der Waals surface area contributed by atoms with Crippen molar-refractivity contribution in [1.82, 2.24) is 10.3 Å². The van der Waals surface area contributed by atoms with Crippen LogP contribution in [0.2, 0.25) is 0 Å². The molecule has 14 heavy (non-hydrogen) atoms. The van der Waals surface area contributed by atoms with Crippen LogP contribution in [0.1, 0.15) is 11.3 Å². The van der Waals surface area contributed by atoms with Gasteiger partial charge in [0.1, 0.15) is 11.8 Å². The second kappa shape index (κ2) is 4.18. The van der Waals surface area contributed by atoms with E-state index in [0.29, 0.717) is 18.3 Å². The highest BCUT2D eigenvalue weighted by molar-refractivity contribution is 5.30. The number of ether oxygens (including phenoxy) is 1. The molecule has 0 saturated carbocycles. The second-order valence-electron chi connectivity index (χ2n) is 3.24. The average molecular weight is 189 g/mol. The van der Waals surface area contributed by atoms with Gasteiger partial charge in [-0.25, -0.2) is 4.98 Å². The monoisotopic (exact) mass is 189 g/mol. The van der Waals surface area contributed by atoms with Gasteiger partial charge in [0.15, 0.2) is 0 Å². The van der Waals surface area contributed by atoms with E-state index in [1.54, 1.807) is 6.20 Å². The molecule has 2 rings (SSSR count). The SMILES string of the molecule is N#Cc1ncccc1CNC1COC1. The van der Waals surface area contributed by atoms with E-state index in [2.05, 4.69) is 16.4 Å². The standard InChI is InChI=1S/C10H11N3O/c11-4-10-8(2-1-3-12-10)5-13-9-6-14-7-9/h1-3,9,13H,5-7H2. The molecule has 4 nitrogen and oxygen atoms in total. The highest BCUT2D eigenvalue weighted by Crippen LogP contribution is 2.06. The summed E-state index contributed by atoms with van der Waals surface area (Å²) >= 11 is 0. The highest BCUT2D eigenvalue weighted by Gasteiger charge is 2.17. The molecule has 0 amide bonds. The second-order valence-corrected chi connectivity index (χ2v) is 3.24. The maximum absolute atomic E-state index is 8.79. The van der Waals surface area contributed by atoms with Crippen molar-refractivity contribution in [1.29, 1.82) is 5.26 Å². The first kappa shape index (κ1) is 9.13. The van der Waals surface area contributed by atoms with E-state index in [9.17, 15) is 0 Å². The van der Waals surface area contributed by atoms with Crippen molar-refractivity contribution < 1.29 is 4.74 Å². The zero-order valence-corrected chi connectivity index (χ0v) is 7.73. The van der Waals surface area contributed by atoms with Crippen LogP contribution in [0.4, 0.5) is 0 Å². The minimum atomic E-state index is 0.432. The number of nitriles is 1. The molecular formula is C10H11N3O. The quantitative estimate of drug-likeness (QED) is 0.749.